The van der Waals surface area contributed by atoms with Gasteiger partial charge in [0.2, 0.25) is 0 Å². The lowest BCUT2D eigenvalue weighted by Crippen LogP contribution is -2.31. The van der Waals surface area contributed by atoms with Gasteiger partial charge in [0.05, 0.1) is 24.9 Å². The SMILES string of the molecule is COc1cc(C#N)ccc1CN[C@H]1CCO[C@@H]1c1cnn(CC2CC2)c1. The van der Waals surface area contributed by atoms with Crippen LogP contribution in [0.3, 0.4) is 0 Å². The fraction of sp³-hybridized carbons (Fsp3) is 0.500. The molecule has 26 heavy (non-hydrogen) atoms. The standard InChI is InChI=1S/C20H24N4O2/c1-25-19-8-15(9-21)4-5-16(19)10-22-18-6-7-26-20(18)17-11-23-24(13-17)12-14-2-3-14/h4-5,8,11,13-14,18,20,22H,2-3,6-7,10,12H2,1H3/t18-,20+/m0/s1. The van der Waals surface area contributed by atoms with E-state index in [1.807, 2.05) is 18.3 Å². The molecule has 1 N–H and O–H groups in total. The Morgan fingerprint density at radius 2 is 2.27 bits per heavy atom. The summed E-state index contributed by atoms with van der Waals surface area (Å²) in [5.74, 6) is 1.55. The number of aromatic nitrogens is 2. The van der Waals surface area contributed by atoms with Crippen molar-refractivity contribution in [1.82, 2.24) is 15.1 Å². The maximum absolute atomic E-state index is 9.03. The molecule has 2 atom stereocenters. The number of methoxy groups -OCH3 is 1. The second-order valence-corrected chi connectivity index (χ2v) is 7.14. The Hall–Kier alpha value is -2.36. The van der Waals surface area contributed by atoms with E-state index in [0.717, 1.165) is 42.4 Å². The lowest BCUT2D eigenvalue weighted by atomic mass is 10.0. The van der Waals surface area contributed by atoms with Gasteiger partial charge in [0.25, 0.3) is 0 Å². The molecule has 2 aromatic rings. The molecule has 2 heterocycles. The summed E-state index contributed by atoms with van der Waals surface area (Å²) in [6.45, 7) is 2.45. The largest absolute Gasteiger partial charge is 0.496 e. The summed E-state index contributed by atoms with van der Waals surface area (Å²) in [5, 5.41) is 17.1. The first-order valence-corrected chi connectivity index (χ1v) is 9.21. The fourth-order valence-electron chi connectivity index (χ4n) is 3.52. The molecule has 1 saturated carbocycles. The monoisotopic (exact) mass is 352 g/mol. The Morgan fingerprint density at radius 3 is 3.04 bits per heavy atom. The van der Waals surface area contributed by atoms with Crippen molar-refractivity contribution >= 4 is 0 Å². The first-order valence-electron chi connectivity index (χ1n) is 9.21. The topological polar surface area (TPSA) is 72.1 Å². The Kier molecular flexibility index (Phi) is 4.91. The number of hydrogen-bond donors (Lipinski definition) is 1. The van der Waals surface area contributed by atoms with Crippen LogP contribution in [0.4, 0.5) is 0 Å². The highest BCUT2D eigenvalue weighted by molar-refractivity contribution is 5.42. The number of rotatable bonds is 7. The van der Waals surface area contributed by atoms with Crippen molar-refractivity contribution < 1.29 is 9.47 Å². The molecule has 1 aliphatic carbocycles. The number of nitrogens with one attached hydrogen (secondary N) is 1. The molecule has 1 saturated heterocycles. The van der Waals surface area contributed by atoms with Crippen LogP contribution < -0.4 is 10.1 Å². The number of benzene rings is 1. The van der Waals surface area contributed by atoms with Gasteiger partial charge in [-0.05, 0) is 37.3 Å². The van der Waals surface area contributed by atoms with Crippen LogP contribution in [0.15, 0.2) is 30.6 Å². The van der Waals surface area contributed by atoms with Crippen molar-refractivity contribution in [3.05, 3.63) is 47.3 Å². The Morgan fingerprint density at radius 1 is 1.38 bits per heavy atom. The van der Waals surface area contributed by atoms with Crippen LogP contribution in [-0.2, 0) is 17.8 Å². The summed E-state index contributed by atoms with van der Waals surface area (Å²) in [4.78, 5) is 0. The van der Waals surface area contributed by atoms with E-state index in [9.17, 15) is 0 Å². The summed E-state index contributed by atoms with van der Waals surface area (Å²) in [6, 6.07) is 7.94. The van der Waals surface area contributed by atoms with Crippen molar-refractivity contribution in [3.8, 4) is 11.8 Å². The van der Waals surface area contributed by atoms with Crippen LogP contribution in [0.1, 0.15) is 42.1 Å². The average molecular weight is 352 g/mol. The highest BCUT2D eigenvalue weighted by Gasteiger charge is 2.31. The van der Waals surface area contributed by atoms with E-state index in [2.05, 4.69) is 27.4 Å². The van der Waals surface area contributed by atoms with E-state index < -0.39 is 0 Å². The van der Waals surface area contributed by atoms with Gasteiger partial charge in [-0.15, -0.1) is 0 Å². The highest BCUT2D eigenvalue weighted by atomic mass is 16.5. The molecule has 0 radical (unpaired) electrons. The Bertz CT molecular complexity index is 806. The van der Waals surface area contributed by atoms with Crippen LogP contribution in [0.25, 0.3) is 0 Å². The van der Waals surface area contributed by atoms with Crippen molar-refractivity contribution in [2.45, 2.75) is 44.5 Å². The van der Waals surface area contributed by atoms with Gasteiger partial charge in [-0.3, -0.25) is 4.68 Å². The molecule has 1 aromatic heterocycles. The third-order valence-corrected chi connectivity index (χ3v) is 5.19. The lowest BCUT2D eigenvalue weighted by molar-refractivity contribution is 0.0983. The molecule has 1 aromatic carbocycles. The van der Waals surface area contributed by atoms with Gasteiger partial charge < -0.3 is 14.8 Å². The molecule has 0 unspecified atom stereocenters. The maximum Gasteiger partial charge on any atom is 0.124 e. The molecule has 6 nitrogen and oxygen atoms in total. The molecule has 0 bridgehead atoms. The van der Waals surface area contributed by atoms with E-state index in [1.54, 1.807) is 13.2 Å². The zero-order valence-corrected chi connectivity index (χ0v) is 15.0. The second kappa shape index (κ2) is 7.48. The zero-order chi connectivity index (χ0) is 17.9. The quantitative estimate of drug-likeness (QED) is 0.829. The number of ether oxygens (including phenoxy) is 2. The van der Waals surface area contributed by atoms with Crippen LogP contribution >= 0.6 is 0 Å². The zero-order valence-electron chi connectivity index (χ0n) is 15.0. The third-order valence-electron chi connectivity index (χ3n) is 5.19. The Labute approximate surface area is 153 Å². The van der Waals surface area contributed by atoms with Crippen molar-refractivity contribution in [3.63, 3.8) is 0 Å². The Balaban J connectivity index is 1.41. The summed E-state index contributed by atoms with van der Waals surface area (Å²) < 4.78 is 13.5. The number of nitriles is 1. The molecule has 6 heteroatoms. The number of nitrogens with zero attached hydrogens (tertiary/aromatic N) is 3. The average Bonchev–Trinajstić information content (AvgIpc) is 3.16. The van der Waals surface area contributed by atoms with Gasteiger partial charge in [-0.25, -0.2) is 0 Å². The minimum absolute atomic E-state index is 0.0346. The molecule has 136 valence electrons. The summed E-state index contributed by atoms with van der Waals surface area (Å²) in [7, 11) is 1.63. The molecule has 1 aliphatic heterocycles. The lowest BCUT2D eigenvalue weighted by Gasteiger charge is -2.19. The van der Waals surface area contributed by atoms with E-state index in [4.69, 9.17) is 14.7 Å². The normalized spacial score (nSPS) is 22.3. The van der Waals surface area contributed by atoms with E-state index in [1.165, 1.54) is 12.8 Å². The van der Waals surface area contributed by atoms with Crippen LogP contribution in [0.5, 0.6) is 5.75 Å². The summed E-state index contributed by atoms with van der Waals surface area (Å²) >= 11 is 0. The molecule has 0 amide bonds. The predicted octanol–water partition coefficient (Wildman–Crippen LogP) is 2.79. The second-order valence-electron chi connectivity index (χ2n) is 7.14. The summed E-state index contributed by atoms with van der Waals surface area (Å²) in [6.07, 6.45) is 7.72. The van der Waals surface area contributed by atoms with Gasteiger partial charge in [-0.1, -0.05) is 6.07 Å². The van der Waals surface area contributed by atoms with E-state index >= 15 is 0 Å². The van der Waals surface area contributed by atoms with Crippen molar-refractivity contribution in [2.75, 3.05) is 13.7 Å². The molecule has 4 rings (SSSR count). The first kappa shape index (κ1) is 17.1. The minimum Gasteiger partial charge on any atom is -0.496 e. The van der Waals surface area contributed by atoms with E-state index in [-0.39, 0.29) is 12.1 Å². The van der Waals surface area contributed by atoms with Crippen LogP contribution in [0, 0.1) is 17.2 Å². The third kappa shape index (κ3) is 3.74. The minimum atomic E-state index is 0.0346. The fourth-order valence-corrected chi connectivity index (χ4v) is 3.52. The van der Waals surface area contributed by atoms with Crippen molar-refractivity contribution in [1.29, 1.82) is 5.26 Å². The predicted molar refractivity (Wildman–Crippen MR) is 96.6 cm³/mol. The first-order chi connectivity index (χ1) is 12.8. The highest BCUT2D eigenvalue weighted by Crippen LogP contribution is 2.32. The molecule has 2 aliphatic rings. The molecular weight excluding hydrogens is 328 g/mol. The molecule has 0 spiro atoms. The van der Waals surface area contributed by atoms with E-state index in [0.29, 0.717) is 12.1 Å². The smallest absolute Gasteiger partial charge is 0.124 e. The van der Waals surface area contributed by atoms with Crippen LogP contribution in [-0.4, -0.2) is 29.5 Å². The van der Waals surface area contributed by atoms with Gasteiger partial charge in [-0.2, -0.15) is 10.4 Å². The van der Waals surface area contributed by atoms with Crippen molar-refractivity contribution in [2.24, 2.45) is 5.92 Å². The van der Waals surface area contributed by atoms with Gasteiger partial charge in [0, 0.05) is 43.1 Å². The van der Waals surface area contributed by atoms with Crippen LogP contribution in [0.2, 0.25) is 0 Å². The van der Waals surface area contributed by atoms with Gasteiger partial charge in [0.15, 0.2) is 0 Å². The van der Waals surface area contributed by atoms with Gasteiger partial charge >= 0.3 is 0 Å². The maximum atomic E-state index is 9.03. The number of hydrogen-bond acceptors (Lipinski definition) is 5. The van der Waals surface area contributed by atoms with Gasteiger partial charge in [0.1, 0.15) is 11.9 Å². The summed E-state index contributed by atoms with van der Waals surface area (Å²) in [5.41, 5.74) is 2.80. The molecular formula is C20H24N4O2. The molecule has 2 fully saturated rings.